The molecule has 2 N–H and O–H groups in total. The number of nitro benzene ring substituents is 1. The van der Waals surface area contributed by atoms with Gasteiger partial charge >= 0.3 is 5.97 Å². The van der Waals surface area contributed by atoms with Gasteiger partial charge in [0, 0.05) is 24.1 Å². The quantitative estimate of drug-likeness (QED) is 0.412. The number of carboxylic acid groups (broad SMARTS) is 1. The van der Waals surface area contributed by atoms with Crippen LogP contribution in [0.5, 0.6) is 0 Å². The van der Waals surface area contributed by atoms with Crippen LogP contribution >= 0.6 is 11.6 Å². The van der Waals surface area contributed by atoms with Crippen molar-refractivity contribution in [2.75, 3.05) is 11.9 Å². The fourth-order valence-electron chi connectivity index (χ4n) is 1.79. The topological polar surface area (TPSA) is 92.5 Å². The minimum absolute atomic E-state index is 0.000257. The van der Waals surface area contributed by atoms with Gasteiger partial charge in [-0.3, -0.25) is 14.9 Å². The number of hydrogen-bond acceptors (Lipinski definition) is 4. The molecule has 0 unspecified atom stereocenters. The lowest BCUT2D eigenvalue weighted by Gasteiger charge is -2.07. The fourth-order valence-corrected chi connectivity index (χ4v) is 1.96. The summed E-state index contributed by atoms with van der Waals surface area (Å²) >= 11 is 5.81. The monoisotopic (exact) mass is 300 g/mol. The van der Waals surface area contributed by atoms with Crippen LogP contribution in [0.25, 0.3) is 0 Å². The summed E-state index contributed by atoms with van der Waals surface area (Å²) in [7, 11) is 0. The van der Waals surface area contributed by atoms with Gasteiger partial charge in [0.15, 0.2) is 0 Å². The Bertz CT molecular complexity index is 479. The molecule has 0 saturated carbocycles. The van der Waals surface area contributed by atoms with Crippen molar-refractivity contribution in [2.45, 2.75) is 32.1 Å². The van der Waals surface area contributed by atoms with Gasteiger partial charge in [-0.05, 0) is 25.0 Å². The van der Waals surface area contributed by atoms with Crippen molar-refractivity contribution < 1.29 is 14.8 Å². The Labute approximate surface area is 121 Å². The van der Waals surface area contributed by atoms with Gasteiger partial charge in [-0.2, -0.15) is 0 Å². The largest absolute Gasteiger partial charge is 0.481 e. The Kier molecular flexibility index (Phi) is 6.79. The lowest BCUT2D eigenvalue weighted by molar-refractivity contribution is -0.384. The second-order valence-corrected chi connectivity index (χ2v) is 4.84. The zero-order chi connectivity index (χ0) is 15.0. The second kappa shape index (κ2) is 8.37. The summed E-state index contributed by atoms with van der Waals surface area (Å²) in [5, 5.41) is 22.8. The highest BCUT2D eigenvalue weighted by atomic mass is 35.5. The van der Waals surface area contributed by atoms with Crippen molar-refractivity contribution in [3.8, 4) is 0 Å². The summed E-state index contributed by atoms with van der Waals surface area (Å²) in [4.78, 5) is 20.7. The van der Waals surface area contributed by atoms with E-state index >= 15 is 0 Å². The fraction of sp³-hybridized carbons (Fsp3) is 0.462. The van der Waals surface area contributed by atoms with Crippen LogP contribution in [0.15, 0.2) is 18.2 Å². The van der Waals surface area contributed by atoms with E-state index in [1.54, 1.807) is 0 Å². The molecule has 1 aromatic rings. The maximum atomic E-state index is 10.8. The molecule has 0 aliphatic heterocycles. The molecule has 1 aromatic carbocycles. The number of hydrogen-bond donors (Lipinski definition) is 2. The molecule has 0 aromatic heterocycles. The van der Waals surface area contributed by atoms with Crippen molar-refractivity contribution in [2.24, 2.45) is 0 Å². The van der Waals surface area contributed by atoms with Crippen LogP contribution in [0.2, 0.25) is 5.02 Å². The number of carbonyl (C=O) groups is 1. The smallest absolute Gasteiger partial charge is 0.303 e. The highest BCUT2D eigenvalue weighted by molar-refractivity contribution is 6.31. The van der Waals surface area contributed by atoms with Gasteiger partial charge in [-0.25, -0.2) is 0 Å². The minimum Gasteiger partial charge on any atom is -0.481 e. The van der Waals surface area contributed by atoms with Crippen LogP contribution in [0.1, 0.15) is 32.1 Å². The molecule has 0 aliphatic rings. The normalized spacial score (nSPS) is 10.2. The lowest BCUT2D eigenvalue weighted by atomic mass is 10.1. The Morgan fingerprint density at radius 1 is 1.30 bits per heavy atom. The highest BCUT2D eigenvalue weighted by Crippen LogP contribution is 2.27. The summed E-state index contributed by atoms with van der Waals surface area (Å²) in [6, 6.07) is 4.39. The van der Waals surface area contributed by atoms with E-state index < -0.39 is 10.9 Å². The first kappa shape index (κ1) is 16.2. The molecule has 0 bridgehead atoms. The molecule has 0 atom stereocenters. The molecule has 0 fully saturated rings. The molecule has 20 heavy (non-hydrogen) atoms. The third kappa shape index (κ3) is 5.88. The number of nitrogens with one attached hydrogen (secondary N) is 1. The van der Waals surface area contributed by atoms with Gasteiger partial charge in [0.05, 0.1) is 4.92 Å². The van der Waals surface area contributed by atoms with Crippen molar-refractivity contribution in [3.63, 3.8) is 0 Å². The maximum Gasteiger partial charge on any atom is 0.303 e. The van der Waals surface area contributed by atoms with E-state index in [-0.39, 0.29) is 12.1 Å². The Morgan fingerprint density at radius 2 is 2.00 bits per heavy atom. The number of carboxylic acids is 1. The number of unbranched alkanes of at least 4 members (excludes halogenated alkanes) is 3. The average molecular weight is 301 g/mol. The standard InChI is InChI=1S/C13H17ClN2O4/c14-10-6-7-12(16(19)20)11(9-10)15-8-4-2-1-3-5-13(17)18/h6-7,9,15H,1-5,8H2,(H,17,18). The summed E-state index contributed by atoms with van der Waals surface area (Å²) < 4.78 is 0. The molecule has 0 amide bonds. The van der Waals surface area contributed by atoms with E-state index in [0.29, 0.717) is 23.7 Å². The van der Waals surface area contributed by atoms with Crippen molar-refractivity contribution >= 4 is 28.9 Å². The Hall–Kier alpha value is -1.82. The summed E-state index contributed by atoms with van der Waals surface area (Å²) in [5.41, 5.74) is 0.410. The molecule has 0 heterocycles. The molecule has 0 radical (unpaired) electrons. The number of nitrogens with zero attached hydrogens (tertiary/aromatic N) is 1. The third-order valence-corrected chi connectivity index (χ3v) is 3.02. The molecule has 0 saturated heterocycles. The van der Waals surface area contributed by atoms with Crippen LogP contribution in [0, 0.1) is 10.1 Å². The Morgan fingerprint density at radius 3 is 2.65 bits per heavy atom. The first-order valence-electron chi connectivity index (χ1n) is 6.40. The number of anilines is 1. The maximum absolute atomic E-state index is 10.8. The van der Waals surface area contributed by atoms with Crippen LogP contribution < -0.4 is 5.32 Å². The molecule has 7 heteroatoms. The van der Waals surface area contributed by atoms with Crippen LogP contribution in [-0.2, 0) is 4.79 Å². The zero-order valence-corrected chi connectivity index (χ0v) is 11.7. The molecule has 6 nitrogen and oxygen atoms in total. The van der Waals surface area contributed by atoms with Gasteiger partial charge in [0.25, 0.3) is 5.69 Å². The molecular formula is C13H17ClN2O4. The van der Waals surface area contributed by atoms with E-state index in [4.69, 9.17) is 16.7 Å². The number of aliphatic carboxylic acids is 1. The van der Waals surface area contributed by atoms with Gasteiger partial charge in [0.1, 0.15) is 5.69 Å². The van der Waals surface area contributed by atoms with Crippen LogP contribution in [-0.4, -0.2) is 22.5 Å². The predicted octanol–water partition coefficient (Wildman–Crippen LogP) is 3.70. The van der Waals surface area contributed by atoms with Crippen molar-refractivity contribution in [3.05, 3.63) is 33.3 Å². The van der Waals surface area contributed by atoms with Crippen molar-refractivity contribution in [1.29, 1.82) is 0 Å². The van der Waals surface area contributed by atoms with E-state index in [9.17, 15) is 14.9 Å². The SMILES string of the molecule is O=C(O)CCCCCCNc1cc(Cl)ccc1[N+](=O)[O-]. The van der Waals surface area contributed by atoms with Crippen LogP contribution in [0.4, 0.5) is 11.4 Å². The second-order valence-electron chi connectivity index (χ2n) is 4.40. The van der Waals surface area contributed by atoms with E-state index in [1.807, 2.05) is 0 Å². The minimum atomic E-state index is -0.780. The first-order valence-corrected chi connectivity index (χ1v) is 6.78. The van der Waals surface area contributed by atoms with Gasteiger partial charge in [-0.15, -0.1) is 0 Å². The lowest BCUT2D eigenvalue weighted by Crippen LogP contribution is -2.04. The number of rotatable bonds is 9. The molecule has 0 spiro atoms. The average Bonchev–Trinajstić information content (AvgIpc) is 2.37. The van der Waals surface area contributed by atoms with Gasteiger partial charge in [-0.1, -0.05) is 24.4 Å². The van der Waals surface area contributed by atoms with E-state index in [1.165, 1.54) is 18.2 Å². The zero-order valence-electron chi connectivity index (χ0n) is 11.0. The summed E-state index contributed by atoms with van der Waals surface area (Å²) in [5.74, 6) is -0.780. The molecule has 0 aliphatic carbocycles. The van der Waals surface area contributed by atoms with E-state index in [2.05, 4.69) is 5.32 Å². The summed E-state index contributed by atoms with van der Waals surface area (Å²) in [6.07, 6.45) is 3.39. The number of benzene rings is 1. The van der Waals surface area contributed by atoms with E-state index in [0.717, 1.165) is 19.3 Å². The van der Waals surface area contributed by atoms with Gasteiger partial charge in [0.2, 0.25) is 0 Å². The van der Waals surface area contributed by atoms with Crippen LogP contribution in [0.3, 0.4) is 0 Å². The third-order valence-electron chi connectivity index (χ3n) is 2.79. The Balaban J connectivity index is 2.33. The molecule has 1 rings (SSSR count). The predicted molar refractivity (Wildman–Crippen MR) is 77.3 cm³/mol. The summed E-state index contributed by atoms with van der Waals surface area (Å²) in [6.45, 7) is 0.592. The van der Waals surface area contributed by atoms with Gasteiger partial charge < -0.3 is 10.4 Å². The molecule has 110 valence electrons. The highest BCUT2D eigenvalue weighted by Gasteiger charge is 2.13. The molecular weight excluding hydrogens is 284 g/mol. The van der Waals surface area contributed by atoms with Crippen molar-refractivity contribution in [1.82, 2.24) is 0 Å². The number of nitro groups is 1. The number of halogens is 1. The first-order chi connectivity index (χ1) is 9.50.